The van der Waals surface area contributed by atoms with Gasteiger partial charge < -0.3 is 20.2 Å². The fraction of sp³-hybridized carbons (Fsp3) is 0.217. The Labute approximate surface area is 199 Å². The number of anilines is 2. The smallest absolute Gasteiger partial charge is 0.256 e. The summed E-state index contributed by atoms with van der Waals surface area (Å²) in [7, 11) is 0. The number of benzene rings is 1. The molecule has 3 aromatic heterocycles. The van der Waals surface area contributed by atoms with Crippen LogP contribution in [0.3, 0.4) is 0 Å². The van der Waals surface area contributed by atoms with E-state index in [1.165, 1.54) is 0 Å². The van der Waals surface area contributed by atoms with Gasteiger partial charge in [-0.15, -0.1) is 0 Å². The number of hydrogen-bond donors (Lipinski definition) is 3. The molecule has 0 aliphatic rings. The number of H-pyrrole nitrogens is 1. The maximum atomic E-state index is 12.6. The molecule has 1 aromatic carbocycles. The molecule has 0 saturated heterocycles. The summed E-state index contributed by atoms with van der Waals surface area (Å²) < 4.78 is 0. The number of aromatic amines is 1. The molecule has 0 atom stereocenters. The van der Waals surface area contributed by atoms with E-state index in [1.807, 2.05) is 0 Å². The van der Waals surface area contributed by atoms with E-state index < -0.39 is 5.60 Å². The summed E-state index contributed by atoms with van der Waals surface area (Å²) in [6, 6.07) is 6.88. The van der Waals surface area contributed by atoms with Gasteiger partial charge in [0, 0.05) is 34.9 Å². The van der Waals surface area contributed by atoms with Gasteiger partial charge in [0.05, 0.1) is 37.9 Å². The third-order valence-electron chi connectivity index (χ3n) is 4.84. The van der Waals surface area contributed by atoms with Crippen molar-refractivity contribution in [3.63, 3.8) is 0 Å². The highest BCUT2D eigenvalue weighted by Gasteiger charge is 2.16. The van der Waals surface area contributed by atoms with E-state index >= 15 is 0 Å². The average molecular weight is 486 g/mol. The summed E-state index contributed by atoms with van der Waals surface area (Å²) in [5, 5.41) is 19.3. The normalized spacial score (nSPS) is 12.4. The summed E-state index contributed by atoms with van der Waals surface area (Å²) in [5.74, 6) is 0.435. The van der Waals surface area contributed by atoms with Crippen LogP contribution in [-0.4, -0.2) is 38.0 Å². The molecule has 3 heterocycles. The number of rotatable bonds is 6. The lowest BCUT2D eigenvalue weighted by Crippen LogP contribution is -2.25. The molecular weight excluding hydrogens is 465 g/mol. The Morgan fingerprint density at radius 1 is 1.24 bits per heavy atom. The molecule has 10 heteroatoms. The minimum absolute atomic E-state index is 0.0425. The number of halogens is 2. The minimum Gasteiger partial charge on any atom is -0.393 e. The lowest BCUT2D eigenvalue weighted by atomic mass is 10.1. The van der Waals surface area contributed by atoms with Gasteiger partial charge in [0.15, 0.2) is 0 Å². The molecule has 0 amide bonds. The Hall–Kier alpha value is -3.20. The van der Waals surface area contributed by atoms with E-state index in [1.54, 1.807) is 63.6 Å². The Balaban J connectivity index is 1.73. The van der Waals surface area contributed by atoms with Crippen molar-refractivity contribution >= 4 is 62.1 Å². The third kappa shape index (κ3) is 4.93. The van der Waals surface area contributed by atoms with Crippen molar-refractivity contribution in [1.82, 2.24) is 15.0 Å². The van der Waals surface area contributed by atoms with Crippen LogP contribution in [0.2, 0.25) is 10.0 Å². The van der Waals surface area contributed by atoms with E-state index in [0.29, 0.717) is 54.5 Å². The van der Waals surface area contributed by atoms with Gasteiger partial charge in [-0.1, -0.05) is 28.4 Å². The molecule has 0 fully saturated rings. The number of fused-ring (bicyclic) bond motifs is 3. The number of hydrogen-bond acceptors (Lipinski definition) is 7. The summed E-state index contributed by atoms with van der Waals surface area (Å²) >= 11 is 13.1. The van der Waals surface area contributed by atoms with E-state index in [-0.39, 0.29) is 12.2 Å². The number of nitrogens with one attached hydrogen (secondary N) is 2. The monoisotopic (exact) mass is 485 g/mol. The molecule has 4 rings (SSSR count). The average Bonchev–Trinajstić information content (AvgIpc) is 2.75. The van der Waals surface area contributed by atoms with Gasteiger partial charge in [0.25, 0.3) is 5.56 Å². The van der Waals surface area contributed by atoms with Crippen LogP contribution in [0.4, 0.5) is 11.5 Å². The van der Waals surface area contributed by atoms with Crippen LogP contribution < -0.4 is 10.9 Å². The Kier molecular flexibility index (Phi) is 6.25. The first-order valence-corrected chi connectivity index (χ1v) is 10.8. The molecular formula is C23H21Cl2N5O3. The first-order chi connectivity index (χ1) is 15.6. The van der Waals surface area contributed by atoms with Crippen LogP contribution in [-0.2, 0) is 4.84 Å². The second-order valence-corrected chi connectivity index (χ2v) is 8.97. The van der Waals surface area contributed by atoms with Crippen molar-refractivity contribution in [2.45, 2.75) is 26.4 Å². The van der Waals surface area contributed by atoms with E-state index in [9.17, 15) is 9.90 Å². The highest BCUT2D eigenvalue weighted by molar-refractivity contribution is 6.40. The maximum Gasteiger partial charge on any atom is 0.256 e. The van der Waals surface area contributed by atoms with Crippen LogP contribution in [0.15, 0.2) is 52.8 Å². The van der Waals surface area contributed by atoms with E-state index in [2.05, 4.69) is 25.4 Å². The van der Waals surface area contributed by atoms with Gasteiger partial charge in [0.2, 0.25) is 0 Å². The molecule has 0 spiro atoms. The molecule has 3 N–H and O–H groups in total. The van der Waals surface area contributed by atoms with Crippen LogP contribution >= 0.6 is 23.2 Å². The molecule has 0 aliphatic heterocycles. The molecule has 0 saturated carbocycles. The van der Waals surface area contributed by atoms with Crippen molar-refractivity contribution in [2.24, 2.45) is 5.16 Å². The SMILES string of the molecule is CC(=NOCC(C)(C)O)c1cc(Cl)c(Nc2nc3ccncc3c3c(=O)[nH]ccc23)c(Cl)c1. The van der Waals surface area contributed by atoms with Crippen molar-refractivity contribution in [3.05, 3.63) is 68.8 Å². The lowest BCUT2D eigenvalue weighted by Gasteiger charge is -2.16. The standard InChI is InChI=1S/C23H21Cl2N5O3/c1-12(30-33-11-23(2,3)32)13-8-16(24)20(17(25)9-13)29-21-14-4-7-27-22(31)19(14)15-10-26-6-5-18(15)28-21/h4-10,32H,11H2,1-3H3,(H,27,31)(H,28,29). The summed E-state index contributed by atoms with van der Waals surface area (Å²) in [5.41, 5.74) is 0.997. The molecule has 0 radical (unpaired) electrons. The minimum atomic E-state index is -1.000. The number of pyridine rings is 3. The predicted molar refractivity (Wildman–Crippen MR) is 132 cm³/mol. The van der Waals surface area contributed by atoms with Crippen molar-refractivity contribution in [2.75, 3.05) is 11.9 Å². The highest BCUT2D eigenvalue weighted by Crippen LogP contribution is 2.36. The van der Waals surface area contributed by atoms with Gasteiger partial charge in [-0.05, 0) is 45.0 Å². The van der Waals surface area contributed by atoms with Crippen molar-refractivity contribution < 1.29 is 9.94 Å². The molecule has 0 aliphatic carbocycles. The Morgan fingerprint density at radius 3 is 2.67 bits per heavy atom. The molecule has 8 nitrogen and oxygen atoms in total. The topological polar surface area (TPSA) is 112 Å². The Morgan fingerprint density at radius 2 is 1.97 bits per heavy atom. The number of aromatic nitrogens is 3. The van der Waals surface area contributed by atoms with Crippen molar-refractivity contribution in [3.8, 4) is 0 Å². The summed E-state index contributed by atoms with van der Waals surface area (Å²) in [6.45, 7) is 5.04. The fourth-order valence-corrected chi connectivity index (χ4v) is 3.84. The largest absolute Gasteiger partial charge is 0.393 e. The van der Waals surface area contributed by atoms with Gasteiger partial charge in [-0.25, -0.2) is 4.98 Å². The third-order valence-corrected chi connectivity index (χ3v) is 5.43. The van der Waals surface area contributed by atoms with Crippen LogP contribution in [0.25, 0.3) is 21.7 Å². The van der Waals surface area contributed by atoms with Gasteiger partial charge >= 0.3 is 0 Å². The van der Waals surface area contributed by atoms with Gasteiger partial charge in [-0.2, -0.15) is 0 Å². The van der Waals surface area contributed by atoms with E-state index in [0.717, 1.165) is 0 Å². The van der Waals surface area contributed by atoms with Gasteiger partial charge in [0.1, 0.15) is 12.4 Å². The summed E-state index contributed by atoms with van der Waals surface area (Å²) in [4.78, 5) is 29.2. The van der Waals surface area contributed by atoms with Gasteiger partial charge in [-0.3, -0.25) is 9.78 Å². The number of oxime groups is 1. The first-order valence-electron chi connectivity index (χ1n) is 10.0. The van der Waals surface area contributed by atoms with E-state index in [4.69, 9.17) is 28.0 Å². The number of nitrogens with zero attached hydrogens (tertiary/aromatic N) is 3. The van der Waals surface area contributed by atoms with Crippen LogP contribution in [0, 0.1) is 0 Å². The first kappa shape index (κ1) is 23.0. The predicted octanol–water partition coefficient (Wildman–Crippen LogP) is 5.03. The van der Waals surface area contributed by atoms with Crippen LogP contribution in [0.1, 0.15) is 26.3 Å². The zero-order chi connectivity index (χ0) is 23.8. The molecule has 170 valence electrons. The van der Waals surface area contributed by atoms with Crippen molar-refractivity contribution in [1.29, 1.82) is 0 Å². The Bertz CT molecular complexity index is 1420. The zero-order valence-electron chi connectivity index (χ0n) is 18.1. The second-order valence-electron chi connectivity index (χ2n) is 8.15. The summed E-state index contributed by atoms with van der Waals surface area (Å²) in [6.07, 6.45) is 4.78. The molecule has 4 aromatic rings. The second kappa shape index (κ2) is 8.97. The molecule has 33 heavy (non-hydrogen) atoms. The fourth-order valence-electron chi connectivity index (χ4n) is 3.26. The van der Waals surface area contributed by atoms with Crippen LogP contribution in [0.5, 0.6) is 0 Å². The number of aliphatic hydroxyl groups is 1. The lowest BCUT2D eigenvalue weighted by molar-refractivity contribution is -0.0189. The quantitative estimate of drug-likeness (QED) is 0.200. The maximum absolute atomic E-state index is 12.6. The molecule has 0 bridgehead atoms. The highest BCUT2D eigenvalue weighted by atomic mass is 35.5. The zero-order valence-corrected chi connectivity index (χ0v) is 19.6. The molecule has 0 unspecified atom stereocenters.